The number of nitrogens with zero attached hydrogens (tertiary/aromatic N) is 1. The normalized spacial score (nSPS) is 19.2. The van der Waals surface area contributed by atoms with Gasteiger partial charge in [-0.3, -0.25) is 4.79 Å². The number of hydrogen-bond donors (Lipinski definition) is 1. The molecule has 6 heteroatoms. The molecule has 1 aliphatic rings. The number of benzene rings is 1. The summed E-state index contributed by atoms with van der Waals surface area (Å²) in [6.07, 6.45) is -6.16. The molecule has 0 spiro atoms. The van der Waals surface area contributed by atoms with Gasteiger partial charge in [-0.15, -0.1) is 0 Å². The van der Waals surface area contributed by atoms with E-state index < -0.39 is 18.2 Å². The summed E-state index contributed by atoms with van der Waals surface area (Å²) in [6, 6.07) is 7.89. The van der Waals surface area contributed by atoms with Gasteiger partial charge in [0, 0.05) is 19.5 Å². The zero-order valence-corrected chi connectivity index (χ0v) is 14.0. The van der Waals surface area contributed by atoms with Crippen LogP contribution in [0.2, 0.25) is 0 Å². The Hall–Kier alpha value is -1.56. The maximum atomic E-state index is 12.6. The first kappa shape index (κ1) is 18.8. The van der Waals surface area contributed by atoms with Crippen molar-refractivity contribution in [2.45, 2.75) is 51.3 Å². The minimum atomic E-state index is -4.59. The average molecular weight is 343 g/mol. The minimum Gasteiger partial charge on any atom is -0.383 e. The Kier molecular flexibility index (Phi) is 5.91. The van der Waals surface area contributed by atoms with Crippen LogP contribution >= 0.6 is 0 Å². The predicted molar refractivity (Wildman–Crippen MR) is 85.6 cm³/mol. The summed E-state index contributed by atoms with van der Waals surface area (Å²) in [6.45, 7) is 4.54. The largest absolute Gasteiger partial charge is 0.414 e. The van der Waals surface area contributed by atoms with E-state index in [0.717, 1.165) is 11.1 Å². The first-order valence-electron chi connectivity index (χ1n) is 8.28. The van der Waals surface area contributed by atoms with Gasteiger partial charge in [-0.2, -0.15) is 13.2 Å². The van der Waals surface area contributed by atoms with Crippen LogP contribution in [-0.2, 0) is 4.79 Å². The molecule has 1 fully saturated rings. The van der Waals surface area contributed by atoms with Crippen molar-refractivity contribution in [2.24, 2.45) is 5.92 Å². The Bertz CT molecular complexity index is 566. The molecule has 1 aliphatic heterocycles. The van der Waals surface area contributed by atoms with Crippen LogP contribution in [-0.4, -0.2) is 41.3 Å². The first-order chi connectivity index (χ1) is 11.2. The summed E-state index contributed by atoms with van der Waals surface area (Å²) >= 11 is 0. The molecule has 0 radical (unpaired) electrons. The number of alkyl halides is 3. The molecular weight excluding hydrogens is 319 g/mol. The lowest BCUT2D eigenvalue weighted by Crippen LogP contribution is -2.45. The van der Waals surface area contributed by atoms with Crippen molar-refractivity contribution in [1.82, 2.24) is 4.90 Å². The zero-order valence-electron chi connectivity index (χ0n) is 14.0. The van der Waals surface area contributed by atoms with Gasteiger partial charge < -0.3 is 10.0 Å². The highest BCUT2D eigenvalue weighted by Gasteiger charge is 2.44. The van der Waals surface area contributed by atoms with Crippen molar-refractivity contribution in [3.63, 3.8) is 0 Å². The number of aliphatic hydroxyl groups excluding tert-OH is 1. The number of halogens is 3. The molecule has 2 unspecified atom stereocenters. The predicted octanol–water partition coefficient (Wildman–Crippen LogP) is 3.65. The van der Waals surface area contributed by atoms with Crippen LogP contribution in [0.15, 0.2) is 24.3 Å². The molecule has 134 valence electrons. The molecule has 1 aromatic rings. The second-order valence-corrected chi connectivity index (χ2v) is 6.67. The molecular formula is C18H24F3NO2. The highest BCUT2D eigenvalue weighted by Crippen LogP contribution is 2.32. The van der Waals surface area contributed by atoms with Crippen LogP contribution < -0.4 is 0 Å². The fraction of sp³-hybridized carbons (Fsp3) is 0.611. The molecule has 0 bridgehead atoms. The number of aryl methyl sites for hydroxylation is 1. The van der Waals surface area contributed by atoms with Crippen LogP contribution in [0.3, 0.4) is 0 Å². The van der Waals surface area contributed by atoms with E-state index in [0.29, 0.717) is 6.42 Å². The number of amides is 1. The fourth-order valence-corrected chi connectivity index (χ4v) is 3.37. The van der Waals surface area contributed by atoms with Crippen LogP contribution in [0.5, 0.6) is 0 Å². The summed E-state index contributed by atoms with van der Waals surface area (Å²) in [4.78, 5) is 14.0. The van der Waals surface area contributed by atoms with Gasteiger partial charge in [-0.1, -0.05) is 31.2 Å². The number of hydrogen-bond acceptors (Lipinski definition) is 2. The third-order valence-electron chi connectivity index (χ3n) is 4.87. The van der Waals surface area contributed by atoms with Crippen molar-refractivity contribution in [3.8, 4) is 0 Å². The van der Waals surface area contributed by atoms with E-state index >= 15 is 0 Å². The number of rotatable bonds is 4. The van der Waals surface area contributed by atoms with Crippen LogP contribution in [0.4, 0.5) is 13.2 Å². The van der Waals surface area contributed by atoms with Crippen LogP contribution in [0, 0.1) is 12.8 Å². The number of carbonyl (C=O) groups excluding carboxylic acids is 1. The van der Waals surface area contributed by atoms with Gasteiger partial charge in [0.15, 0.2) is 6.10 Å². The molecule has 1 N–H and O–H groups in total. The van der Waals surface area contributed by atoms with Gasteiger partial charge in [-0.05, 0) is 42.7 Å². The van der Waals surface area contributed by atoms with E-state index in [-0.39, 0.29) is 37.8 Å². The molecule has 0 saturated carbocycles. The van der Waals surface area contributed by atoms with Crippen molar-refractivity contribution in [2.75, 3.05) is 13.1 Å². The van der Waals surface area contributed by atoms with E-state index in [9.17, 15) is 23.1 Å². The summed E-state index contributed by atoms with van der Waals surface area (Å²) in [5.74, 6) is -0.786. The van der Waals surface area contributed by atoms with E-state index in [1.54, 1.807) is 4.90 Å². The van der Waals surface area contributed by atoms with Gasteiger partial charge in [0.1, 0.15) is 0 Å². The molecule has 2 rings (SSSR count). The number of likely N-dealkylation sites (tertiary alicyclic amines) is 1. The fourth-order valence-electron chi connectivity index (χ4n) is 3.37. The van der Waals surface area contributed by atoms with E-state index in [1.807, 2.05) is 38.1 Å². The van der Waals surface area contributed by atoms with Crippen molar-refractivity contribution < 1.29 is 23.1 Å². The Balaban J connectivity index is 1.88. The van der Waals surface area contributed by atoms with Crippen molar-refractivity contribution in [1.29, 1.82) is 0 Å². The molecule has 2 atom stereocenters. The third-order valence-corrected chi connectivity index (χ3v) is 4.87. The SMILES string of the molecule is Cc1ccccc1C(C)CC(=O)N1CCC(C(O)C(F)(F)F)CC1. The lowest BCUT2D eigenvalue weighted by Gasteiger charge is -2.35. The number of carbonyl (C=O) groups is 1. The quantitative estimate of drug-likeness (QED) is 0.906. The zero-order chi connectivity index (χ0) is 17.9. The van der Waals surface area contributed by atoms with Gasteiger partial charge in [0.25, 0.3) is 0 Å². The van der Waals surface area contributed by atoms with Gasteiger partial charge in [0.2, 0.25) is 5.91 Å². The van der Waals surface area contributed by atoms with Crippen molar-refractivity contribution >= 4 is 5.91 Å². The lowest BCUT2D eigenvalue weighted by atomic mass is 9.89. The molecule has 0 aromatic heterocycles. The van der Waals surface area contributed by atoms with Gasteiger partial charge >= 0.3 is 6.18 Å². The molecule has 1 saturated heterocycles. The summed E-state index contributed by atoms with van der Waals surface area (Å²) in [5.41, 5.74) is 2.25. The second-order valence-electron chi connectivity index (χ2n) is 6.67. The highest BCUT2D eigenvalue weighted by atomic mass is 19.4. The minimum absolute atomic E-state index is 0.0364. The topological polar surface area (TPSA) is 40.5 Å². The molecule has 1 aromatic carbocycles. The summed E-state index contributed by atoms with van der Waals surface area (Å²) in [7, 11) is 0. The maximum Gasteiger partial charge on any atom is 0.414 e. The molecule has 24 heavy (non-hydrogen) atoms. The standard InChI is InChI=1S/C18H24F3NO2/c1-12-5-3-4-6-15(12)13(2)11-16(23)22-9-7-14(8-10-22)17(24)18(19,20)21/h3-6,13-14,17,24H,7-11H2,1-2H3. The number of aliphatic hydroxyl groups is 1. The lowest BCUT2D eigenvalue weighted by molar-refractivity contribution is -0.222. The van der Waals surface area contributed by atoms with Crippen molar-refractivity contribution in [3.05, 3.63) is 35.4 Å². The smallest absolute Gasteiger partial charge is 0.383 e. The molecule has 3 nitrogen and oxygen atoms in total. The third kappa shape index (κ3) is 4.50. The highest BCUT2D eigenvalue weighted by molar-refractivity contribution is 5.77. The molecule has 1 amide bonds. The second kappa shape index (κ2) is 7.55. The molecule has 1 heterocycles. The Morgan fingerprint density at radius 1 is 1.29 bits per heavy atom. The Morgan fingerprint density at radius 3 is 2.42 bits per heavy atom. The number of piperidine rings is 1. The van der Waals surface area contributed by atoms with Crippen LogP contribution in [0.25, 0.3) is 0 Å². The first-order valence-corrected chi connectivity index (χ1v) is 8.28. The Labute approximate surface area is 140 Å². The van der Waals surface area contributed by atoms with Gasteiger partial charge in [-0.25, -0.2) is 0 Å². The van der Waals surface area contributed by atoms with E-state index in [1.165, 1.54) is 0 Å². The van der Waals surface area contributed by atoms with Crippen LogP contribution in [0.1, 0.15) is 43.2 Å². The summed E-state index contributed by atoms with van der Waals surface area (Å²) in [5, 5.41) is 9.33. The van der Waals surface area contributed by atoms with E-state index in [2.05, 4.69) is 0 Å². The van der Waals surface area contributed by atoms with E-state index in [4.69, 9.17) is 0 Å². The Morgan fingerprint density at radius 2 is 1.88 bits per heavy atom. The maximum absolute atomic E-state index is 12.6. The molecule has 0 aliphatic carbocycles. The summed E-state index contributed by atoms with van der Waals surface area (Å²) < 4.78 is 37.7. The van der Waals surface area contributed by atoms with Gasteiger partial charge in [0.05, 0.1) is 0 Å². The average Bonchev–Trinajstić information content (AvgIpc) is 2.53. The monoisotopic (exact) mass is 343 g/mol.